The Morgan fingerprint density at radius 1 is 1.13 bits per heavy atom. The first-order chi connectivity index (χ1) is 14.7. The lowest BCUT2D eigenvalue weighted by atomic mass is 9.68. The molecule has 7 nitrogen and oxygen atoms in total. The summed E-state index contributed by atoms with van der Waals surface area (Å²) in [6.07, 6.45) is 7.20. The van der Waals surface area contributed by atoms with E-state index in [0.717, 1.165) is 24.6 Å². The van der Waals surface area contributed by atoms with Crippen LogP contribution in [0.5, 0.6) is 23.1 Å². The number of hydrogen-bond donors (Lipinski definition) is 1. The molecule has 8 heteroatoms. The molecule has 1 aromatic carbocycles. The molecular formula is C23H31IN4O3. The molecular weight excluding hydrogens is 507 g/mol. The Kier molecular flexibility index (Phi) is 7.85. The number of ether oxygens (including phenoxy) is 3. The molecule has 1 aromatic heterocycles. The number of nitrogens with zero attached hydrogens (tertiary/aromatic N) is 3. The summed E-state index contributed by atoms with van der Waals surface area (Å²) >= 11 is 0. The van der Waals surface area contributed by atoms with Gasteiger partial charge in [0.05, 0.1) is 14.2 Å². The van der Waals surface area contributed by atoms with Crippen molar-refractivity contribution in [3.63, 3.8) is 0 Å². The van der Waals surface area contributed by atoms with Crippen molar-refractivity contribution in [2.75, 3.05) is 34.4 Å². The van der Waals surface area contributed by atoms with Gasteiger partial charge in [0.2, 0.25) is 11.6 Å². The summed E-state index contributed by atoms with van der Waals surface area (Å²) in [5.74, 6) is 3.16. The van der Waals surface area contributed by atoms with Gasteiger partial charge in [-0.2, -0.15) is 0 Å². The van der Waals surface area contributed by atoms with Gasteiger partial charge in [-0.25, -0.2) is 4.98 Å². The first-order valence-electron chi connectivity index (χ1n) is 10.5. The minimum absolute atomic E-state index is 0. The maximum absolute atomic E-state index is 5.93. The molecule has 2 aliphatic rings. The molecule has 31 heavy (non-hydrogen) atoms. The number of aliphatic imine (C=N–C) groups is 1. The van der Waals surface area contributed by atoms with Gasteiger partial charge in [-0.05, 0) is 42.4 Å². The van der Waals surface area contributed by atoms with E-state index >= 15 is 0 Å². The van der Waals surface area contributed by atoms with Crippen LogP contribution in [0.3, 0.4) is 0 Å². The standard InChI is InChI=1S/C23H30N4O3.HI/c1-24-22(27-13-12-23(16-27)10-5-11-23)26-15-17-8-9-20(25-14-17)30-21-18(28-2)6-4-7-19(21)29-3;/h4,6-9,14H,5,10-13,15-16H2,1-3H3,(H,24,26);1H. The summed E-state index contributed by atoms with van der Waals surface area (Å²) < 4.78 is 16.7. The molecule has 2 aromatic rings. The van der Waals surface area contributed by atoms with Crippen LogP contribution in [0.2, 0.25) is 0 Å². The minimum Gasteiger partial charge on any atom is -0.493 e. The van der Waals surface area contributed by atoms with E-state index in [1.165, 1.54) is 25.7 Å². The molecule has 0 unspecified atom stereocenters. The second-order valence-corrected chi connectivity index (χ2v) is 8.02. The summed E-state index contributed by atoms with van der Waals surface area (Å²) in [4.78, 5) is 11.3. The molecule has 168 valence electrons. The number of nitrogens with one attached hydrogen (secondary N) is 1. The van der Waals surface area contributed by atoms with Crippen LogP contribution >= 0.6 is 24.0 Å². The molecule has 2 fully saturated rings. The first-order valence-corrected chi connectivity index (χ1v) is 10.5. The summed E-state index contributed by atoms with van der Waals surface area (Å²) in [5.41, 5.74) is 1.62. The number of rotatable bonds is 6. The molecule has 0 atom stereocenters. The topological polar surface area (TPSA) is 68.2 Å². The van der Waals surface area contributed by atoms with Gasteiger partial charge in [0.25, 0.3) is 0 Å². The normalized spacial score (nSPS) is 17.0. The van der Waals surface area contributed by atoms with E-state index in [4.69, 9.17) is 14.2 Å². The molecule has 1 spiro atoms. The van der Waals surface area contributed by atoms with Crippen LogP contribution < -0.4 is 19.5 Å². The van der Waals surface area contributed by atoms with Gasteiger partial charge in [0.15, 0.2) is 17.5 Å². The Hall–Kier alpha value is -2.23. The zero-order valence-electron chi connectivity index (χ0n) is 18.4. The fraction of sp³-hybridized carbons (Fsp3) is 0.478. The zero-order chi connectivity index (χ0) is 21.0. The minimum atomic E-state index is 0. The van der Waals surface area contributed by atoms with Crippen molar-refractivity contribution < 1.29 is 14.2 Å². The van der Waals surface area contributed by atoms with Crippen molar-refractivity contribution >= 4 is 29.9 Å². The van der Waals surface area contributed by atoms with Gasteiger partial charge in [-0.3, -0.25) is 4.99 Å². The van der Waals surface area contributed by atoms with Gasteiger partial charge in [0.1, 0.15) is 0 Å². The van der Waals surface area contributed by atoms with Crippen molar-refractivity contribution in [3.05, 3.63) is 42.1 Å². The van der Waals surface area contributed by atoms with E-state index < -0.39 is 0 Å². The van der Waals surface area contributed by atoms with Crippen LogP contribution in [0.25, 0.3) is 0 Å². The van der Waals surface area contributed by atoms with Crippen molar-refractivity contribution in [1.29, 1.82) is 0 Å². The zero-order valence-corrected chi connectivity index (χ0v) is 20.7. The van der Waals surface area contributed by atoms with Crippen molar-refractivity contribution in [3.8, 4) is 23.1 Å². The first kappa shape index (κ1) is 23.4. The monoisotopic (exact) mass is 538 g/mol. The lowest BCUT2D eigenvalue weighted by Gasteiger charge is -2.38. The van der Waals surface area contributed by atoms with Gasteiger partial charge < -0.3 is 24.4 Å². The average Bonchev–Trinajstić information content (AvgIpc) is 3.22. The fourth-order valence-corrected chi connectivity index (χ4v) is 4.31. The van der Waals surface area contributed by atoms with Crippen LogP contribution in [0, 0.1) is 5.41 Å². The van der Waals surface area contributed by atoms with Gasteiger partial charge >= 0.3 is 0 Å². The van der Waals surface area contributed by atoms with E-state index in [1.807, 2.05) is 43.6 Å². The summed E-state index contributed by atoms with van der Waals surface area (Å²) in [7, 11) is 5.05. The second kappa shape index (κ2) is 10.4. The van der Waals surface area contributed by atoms with Gasteiger partial charge in [0, 0.05) is 38.9 Å². The largest absolute Gasteiger partial charge is 0.493 e. The summed E-state index contributed by atoms with van der Waals surface area (Å²) in [6, 6.07) is 9.36. The van der Waals surface area contributed by atoms with Crippen molar-refractivity contribution in [2.45, 2.75) is 32.2 Å². The Morgan fingerprint density at radius 3 is 2.39 bits per heavy atom. The molecule has 1 saturated heterocycles. The van der Waals surface area contributed by atoms with E-state index in [1.54, 1.807) is 14.2 Å². The van der Waals surface area contributed by atoms with Crippen LogP contribution in [0.4, 0.5) is 0 Å². The molecule has 4 rings (SSSR count). The smallest absolute Gasteiger partial charge is 0.219 e. The number of benzene rings is 1. The highest BCUT2D eigenvalue weighted by molar-refractivity contribution is 14.0. The Morgan fingerprint density at radius 2 is 1.87 bits per heavy atom. The predicted octanol–water partition coefficient (Wildman–Crippen LogP) is 4.46. The van der Waals surface area contributed by atoms with Crippen molar-refractivity contribution in [1.82, 2.24) is 15.2 Å². The lowest BCUT2D eigenvalue weighted by molar-refractivity contribution is 0.151. The van der Waals surface area contributed by atoms with E-state index in [9.17, 15) is 0 Å². The maximum Gasteiger partial charge on any atom is 0.219 e. The number of pyridine rings is 1. The molecule has 0 bridgehead atoms. The number of methoxy groups -OCH3 is 2. The lowest BCUT2D eigenvalue weighted by Crippen LogP contribution is -2.42. The quantitative estimate of drug-likeness (QED) is 0.333. The molecule has 1 N–H and O–H groups in total. The molecule has 2 heterocycles. The van der Waals surface area contributed by atoms with Gasteiger partial charge in [-0.15, -0.1) is 24.0 Å². The van der Waals surface area contributed by atoms with E-state index in [2.05, 4.69) is 20.2 Å². The van der Waals surface area contributed by atoms with Crippen LogP contribution in [0.1, 0.15) is 31.2 Å². The van der Waals surface area contributed by atoms with E-state index in [-0.39, 0.29) is 24.0 Å². The fourth-order valence-electron chi connectivity index (χ4n) is 4.31. The highest BCUT2D eigenvalue weighted by Gasteiger charge is 2.43. The Labute approximate surface area is 201 Å². The van der Waals surface area contributed by atoms with E-state index in [0.29, 0.717) is 35.1 Å². The number of aromatic nitrogens is 1. The van der Waals surface area contributed by atoms with Crippen LogP contribution in [-0.2, 0) is 6.54 Å². The average molecular weight is 538 g/mol. The number of hydrogen-bond acceptors (Lipinski definition) is 5. The van der Waals surface area contributed by atoms with Gasteiger partial charge in [-0.1, -0.05) is 18.6 Å². The molecule has 0 amide bonds. The maximum atomic E-state index is 5.93. The third-order valence-electron chi connectivity index (χ3n) is 6.20. The summed E-state index contributed by atoms with van der Waals surface area (Å²) in [5, 5.41) is 3.47. The third kappa shape index (κ3) is 5.16. The molecule has 1 aliphatic heterocycles. The number of likely N-dealkylation sites (tertiary alicyclic amines) is 1. The molecule has 1 aliphatic carbocycles. The number of guanidine groups is 1. The highest BCUT2D eigenvalue weighted by Crippen LogP contribution is 2.47. The number of halogens is 1. The molecule has 1 saturated carbocycles. The second-order valence-electron chi connectivity index (χ2n) is 8.02. The SMILES string of the molecule is CN=C(NCc1ccc(Oc2c(OC)cccc2OC)nc1)N1CCC2(CCC2)C1.I. The molecule has 0 radical (unpaired) electrons. The Bertz CT molecular complexity index is 878. The van der Waals surface area contributed by atoms with Crippen molar-refractivity contribution in [2.24, 2.45) is 10.4 Å². The Balaban J connectivity index is 0.00000272. The third-order valence-corrected chi connectivity index (χ3v) is 6.20. The predicted molar refractivity (Wildman–Crippen MR) is 132 cm³/mol. The van der Waals surface area contributed by atoms with Crippen LogP contribution in [0.15, 0.2) is 41.5 Å². The van der Waals surface area contributed by atoms with Crippen LogP contribution in [-0.4, -0.2) is 50.2 Å². The summed E-state index contributed by atoms with van der Waals surface area (Å²) in [6.45, 7) is 2.88. The highest BCUT2D eigenvalue weighted by atomic mass is 127. The number of para-hydroxylation sites is 1.